The molecule has 0 unspecified atom stereocenters. The molecular weight excluding hydrogens is 305 g/mol. The molecule has 1 heterocycles. The first-order chi connectivity index (χ1) is 7.13. The molecule has 0 N–H and O–H groups in total. The van der Waals surface area contributed by atoms with Crippen molar-refractivity contribution in [1.29, 1.82) is 0 Å². The average molecular weight is 319 g/mol. The highest BCUT2D eigenvalue weighted by molar-refractivity contribution is 14.1. The van der Waals surface area contributed by atoms with Crippen LogP contribution in [0.5, 0.6) is 11.6 Å². The Bertz CT molecular complexity index is 352. The summed E-state index contributed by atoms with van der Waals surface area (Å²) in [5.74, 6) is 1.21. The molecular formula is C11H14INO2. The Morgan fingerprint density at radius 3 is 2.87 bits per heavy atom. The van der Waals surface area contributed by atoms with Crippen LogP contribution in [-0.2, 0) is 0 Å². The van der Waals surface area contributed by atoms with E-state index in [2.05, 4.69) is 34.2 Å². The average Bonchev–Trinajstić information content (AvgIpc) is 2.19. The lowest BCUT2D eigenvalue weighted by molar-refractivity contribution is 0.291. The molecule has 0 aliphatic carbocycles. The van der Waals surface area contributed by atoms with Crippen molar-refractivity contribution in [3.05, 3.63) is 28.0 Å². The second kappa shape index (κ2) is 5.95. The van der Waals surface area contributed by atoms with E-state index in [1.54, 1.807) is 7.11 Å². The van der Waals surface area contributed by atoms with Gasteiger partial charge in [0.15, 0.2) is 5.75 Å². The normalized spacial score (nSPS) is 9.80. The standard InChI is InChI=1S/C11H14INO2/c1-8(2)6-7-15-9-4-5-10(12)13-11(9)14-3/h4-5H,1,6-7H2,2-3H3. The predicted molar refractivity (Wildman–Crippen MR) is 68.4 cm³/mol. The van der Waals surface area contributed by atoms with Crippen molar-refractivity contribution in [3.8, 4) is 11.6 Å². The summed E-state index contributed by atoms with van der Waals surface area (Å²) in [5, 5.41) is 0. The molecule has 15 heavy (non-hydrogen) atoms. The molecule has 4 heteroatoms. The van der Waals surface area contributed by atoms with Crippen LogP contribution >= 0.6 is 22.6 Å². The van der Waals surface area contributed by atoms with Gasteiger partial charge in [-0.2, -0.15) is 0 Å². The van der Waals surface area contributed by atoms with Crippen molar-refractivity contribution < 1.29 is 9.47 Å². The SMILES string of the molecule is C=C(C)CCOc1ccc(I)nc1OC. The van der Waals surface area contributed by atoms with Crippen LogP contribution in [0, 0.1) is 3.70 Å². The van der Waals surface area contributed by atoms with Gasteiger partial charge in [-0.15, -0.1) is 6.58 Å². The minimum atomic E-state index is 0.531. The highest BCUT2D eigenvalue weighted by atomic mass is 127. The third kappa shape index (κ3) is 4.07. The van der Waals surface area contributed by atoms with Gasteiger partial charge in [-0.25, -0.2) is 4.98 Å². The van der Waals surface area contributed by atoms with Crippen LogP contribution in [0.2, 0.25) is 0 Å². The number of hydrogen-bond donors (Lipinski definition) is 0. The van der Waals surface area contributed by atoms with E-state index in [1.165, 1.54) is 0 Å². The van der Waals surface area contributed by atoms with Gasteiger partial charge in [-0.1, -0.05) is 5.57 Å². The molecule has 0 aromatic carbocycles. The molecule has 1 rings (SSSR count). The summed E-state index contributed by atoms with van der Waals surface area (Å²) in [6.07, 6.45) is 0.842. The maximum atomic E-state index is 5.54. The van der Waals surface area contributed by atoms with Gasteiger partial charge in [-0.3, -0.25) is 0 Å². The van der Waals surface area contributed by atoms with Gasteiger partial charge < -0.3 is 9.47 Å². The van der Waals surface area contributed by atoms with Crippen molar-refractivity contribution >= 4 is 22.6 Å². The van der Waals surface area contributed by atoms with Crippen LogP contribution in [0.3, 0.4) is 0 Å². The molecule has 0 amide bonds. The molecule has 0 fully saturated rings. The van der Waals surface area contributed by atoms with Crippen LogP contribution in [-0.4, -0.2) is 18.7 Å². The molecule has 0 atom stereocenters. The van der Waals surface area contributed by atoms with E-state index in [9.17, 15) is 0 Å². The zero-order valence-corrected chi connectivity index (χ0v) is 11.1. The van der Waals surface area contributed by atoms with Crippen molar-refractivity contribution in [2.45, 2.75) is 13.3 Å². The molecule has 0 radical (unpaired) electrons. The summed E-state index contributed by atoms with van der Waals surface area (Å²) in [6, 6.07) is 3.76. The summed E-state index contributed by atoms with van der Waals surface area (Å²) < 4.78 is 11.5. The third-order valence-corrected chi connectivity index (χ3v) is 2.37. The molecule has 1 aromatic rings. The van der Waals surface area contributed by atoms with Crippen LogP contribution < -0.4 is 9.47 Å². The van der Waals surface area contributed by atoms with E-state index in [-0.39, 0.29) is 0 Å². The van der Waals surface area contributed by atoms with Gasteiger partial charge in [0.25, 0.3) is 5.88 Å². The van der Waals surface area contributed by atoms with E-state index < -0.39 is 0 Å². The number of halogens is 1. The first-order valence-corrected chi connectivity index (χ1v) is 5.69. The molecule has 0 aliphatic rings. The molecule has 3 nitrogen and oxygen atoms in total. The zero-order chi connectivity index (χ0) is 11.3. The maximum Gasteiger partial charge on any atom is 0.257 e. The number of ether oxygens (including phenoxy) is 2. The zero-order valence-electron chi connectivity index (χ0n) is 8.92. The highest BCUT2D eigenvalue weighted by Crippen LogP contribution is 2.25. The Kier molecular flexibility index (Phi) is 4.87. The predicted octanol–water partition coefficient (Wildman–Crippen LogP) is 3.04. The van der Waals surface area contributed by atoms with E-state index in [4.69, 9.17) is 9.47 Å². The van der Waals surface area contributed by atoms with Gasteiger partial charge in [0.2, 0.25) is 0 Å². The highest BCUT2D eigenvalue weighted by Gasteiger charge is 2.05. The Labute approximate surface area is 104 Å². The van der Waals surface area contributed by atoms with E-state index in [1.807, 2.05) is 19.1 Å². The fourth-order valence-corrected chi connectivity index (χ4v) is 1.40. The van der Waals surface area contributed by atoms with Gasteiger partial charge in [0.1, 0.15) is 3.70 Å². The lowest BCUT2D eigenvalue weighted by atomic mass is 10.3. The van der Waals surface area contributed by atoms with Gasteiger partial charge in [0.05, 0.1) is 13.7 Å². The van der Waals surface area contributed by atoms with E-state index >= 15 is 0 Å². The summed E-state index contributed by atoms with van der Waals surface area (Å²) in [4.78, 5) is 4.21. The first kappa shape index (κ1) is 12.3. The minimum Gasteiger partial charge on any atom is -0.488 e. The minimum absolute atomic E-state index is 0.531. The van der Waals surface area contributed by atoms with Crippen molar-refractivity contribution in [3.63, 3.8) is 0 Å². The van der Waals surface area contributed by atoms with Gasteiger partial charge in [-0.05, 0) is 41.6 Å². The Morgan fingerprint density at radius 2 is 2.27 bits per heavy atom. The van der Waals surface area contributed by atoms with Gasteiger partial charge in [0, 0.05) is 6.42 Å². The number of rotatable bonds is 5. The lowest BCUT2D eigenvalue weighted by Gasteiger charge is -2.09. The number of methoxy groups -OCH3 is 1. The number of aromatic nitrogens is 1. The summed E-state index contributed by atoms with van der Waals surface area (Å²) in [5.41, 5.74) is 1.10. The smallest absolute Gasteiger partial charge is 0.257 e. The number of pyridine rings is 1. The molecule has 0 saturated carbocycles. The molecule has 1 aromatic heterocycles. The lowest BCUT2D eigenvalue weighted by Crippen LogP contribution is -2.01. The van der Waals surface area contributed by atoms with Crippen LogP contribution in [0.15, 0.2) is 24.3 Å². The van der Waals surface area contributed by atoms with Crippen LogP contribution in [0.25, 0.3) is 0 Å². The number of hydrogen-bond acceptors (Lipinski definition) is 3. The van der Waals surface area contributed by atoms with E-state index in [0.717, 1.165) is 15.7 Å². The third-order valence-electron chi connectivity index (χ3n) is 1.77. The second-order valence-electron chi connectivity index (χ2n) is 3.20. The number of nitrogens with zero attached hydrogens (tertiary/aromatic N) is 1. The molecule has 0 aliphatic heterocycles. The van der Waals surface area contributed by atoms with E-state index in [0.29, 0.717) is 18.2 Å². The molecule has 0 saturated heterocycles. The first-order valence-electron chi connectivity index (χ1n) is 4.61. The topological polar surface area (TPSA) is 31.4 Å². The Balaban J connectivity index is 2.63. The van der Waals surface area contributed by atoms with Crippen molar-refractivity contribution in [2.75, 3.05) is 13.7 Å². The summed E-state index contributed by atoms with van der Waals surface area (Å²) in [6.45, 7) is 6.40. The quantitative estimate of drug-likeness (QED) is 0.475. The monoisotopic (exact) mass is 319 g/mol. The second-order valence-corrected chi connectivity index (χ2v) is 4.30. The van der Waals surface area contributed by atoms with Crippen LogP contribution in [0.4, 0.5) is 0 Å². The van der Waals surface area contributed by atoms with Gasteiger partial charge >= 0.3 is 0 Å². The fourth-order valence-electron chi connectivity index (χ4n) is 0.996. The molecule has 82 valence electrons. The van der Waals surface area contributed by atoms with Crippen LogP contribution in [0.1, 0.15) is 13.3 Å². The molecule has 0 bridgehead atoms. The summed E-state index contributed by atoms with van der Waals surface area (Å²) in [7, 11) is 1.59. The fraction of sp³-hybridized carbons (Fsp3) is 0.364. The van der Waals surface area contributed by atoms with Crippen molar-refractivity contribution in [1.82, 2.24) is 4.98 Å². The Hall–Kier alpha value is -0.780. The molecule has 0 spiro atoms. The largest absolute Gasteiger partial charge is 0.488 e. The van der Waals surface area contributed by atoms with Crippen molar-refractivity contribution in [2.24, 2.45) is 0 Å². The summed E-state index contributed by atoms with van der Waals surface area (Å²) >= 11 is 2.13. The Morgan fingerprint density at radius 1 is 1.53 bits per heavy atom. The maximum absolute atomic E-state index is 5.54.